The minimum absolute atomic E-state index is 0.115. The first-order chi connectivity index (χ1) is 13.3. The first-order valence-electron chi connectivity index (χ1n) is 8.33. The summed E-state index contributed by atoms with van der Waals surface area (Å²) < 4.78 is 33.2. The summed E-state index contributed by atoms with van der Waals surface area (Å²) in [6.45, 7) is 0.430. The number of likely N-dealkylation sites (N-methyl/N-ethyl adjacent to an activating group) is 1. The van der Waals surface area contributed by atoms with E-state index in [4.69, 9.17) is 12.2 Å². The lowest BCUT2D eigenvalue weighted by atomic mass is 10.3. The Hall–Kier alpha value is -1.59. The summed E-state index contributed by atoms with van der Waals surface area (Å²) in [5, 5.41) is 0.928. The summed E-state index contributed by atoms with van der Waals surface area (Å²) in [5.41, 5.74) is 0.988. The van der Waals surface area contributed by atoms with E-state index in [0.717, 1.165) is 15.6 Å². The number of hydrogen-bond donors (Lipinski definition) is 0. The Bertz CT molecular complexity index is 999. The molecule has 1 aromatic rings. The lowest BCUT2D eigenvalue weighted by molar-refractivity contribution is -0.121. The number of thiocarbonyl (C=S) groups is 1. The van der Waals surface area contributed by atoms with Crippen molar-refractivity contribution in [3.05, 3.63) is 58.5 Å². The van der Waals surface area contributed by atoms with Gasteiger partial charge in [0.2, 0.25) is 0 Å². The van der Waals surface area contributed by atoms with Crippen LogP contribution in [0.5, 0.6) is 0 Å². The van der Waals surface area contributed by atoms with E-state index >= 15 is 0 Å². The van der Waals surface area contributed by atoms with Crippen LogP contribution in [0.3, 0.4) is 0 Å². The molecule has 0 radical (unpaired) electrons. The third-order valence-electron chi connectivity index (χ3n) is 4.00. The summed E-state index contributed by atoms with van der Waals surface area (Å²) in [6.07, 6.45) is 7.48. The second kappa shape index (κ2) is 8.83. The molecule has 28 heavy (non-hydrogen) atoms. The highest BCUT2D eigenvalue weighted by Gasteiger charge is 2.28. The van der Waals surface area contributed by atoms with Crippen LogP contribution in [0, 0.1) is 0 Å². The Balaban J connectivity index is 1.74. The van der Waals surface area contributed by atoms with Crippen molar-refractivity contribution in [3.8, 4) is 0 Å². The van der Waals surface area contributed by atoms with E-state index in [1.165, 1.54) is 16.7 Å². The van der Waals surface area contributed by atoms with Crippen molar-refractivity contribution in [2.24, 2.45) is 0 Å². The minimum Gasteiger partial charge on any atom is -0.748 e. The van der Waals surface area contributed by atoms with E-state index in [1.807, 2.05) is 41.3 Å². The second-order valence-corrected chi connectivity index (χ2v) is 10.3. The molecule has 2 heterocycles. The number of carbonyl (C=O) groups is 1. The van der Waals surface area contributed by atoms with Crippen molar-refractivity contribution in [1.29, 1.82) is 0 Å². The van der Waals surface area contributed by atoms with E-state index in [-0.39, 0.29) is 12.3 Å². The van der Waals surface area contributed by atoms with Crippen LogP contribution in [0.1, 0.15) is 6.42 Å². The molecule has 0 atom stereocenters. The summed E-state index contributed by atoms with van der Waals surface area (Å²) in [5.74, 6) is -0.506. The average Bonchev–Trinajstić information content (AvgIpc) is 3.10. The Morgan fingerprint density at radius 2 is 1.89 bits per heavy atom. The maximum Gasteiger partial charge on any atom is 0.265 e. The van der Waals surface area contributed by atoms with Crippen molar-refractivity contribution < 1.29 is 17.8 Å². The molecule has 2 aliphatic heterocycles. The number of nitrogens with zero attached hydrogens (tertiary/aromatic N) is 2. The van der Waals surface area contributed by atoms with Gasteiger partial charge in [0.05, 0.1) is 25.7 Å². The SMILES string of the molecule is CN1C(=O)C(=CC=CC=C2Sc3ccccc3N2CCCS(=O)(=O)[O-])SC1=S. The van der Waals surface area contributed by atoms with Crippen molar-refractivity contribution in [1.82, 2.24) is 4.90 Å². The van der Waals surface area contributed by atoms with E-state index < -0.39 is 15.9 Å². The van der Waals surface area contributed by atoms with Gasteiger partial charge in [0.1, 0.15) is 4.32 Å². The molecule has 0 saturated carbocycles. The summed E-state index contributed by atoms with van der Waals surface area (Å²) in [6, 6.07) is 7.82. The minimum atomic E-state index is -4.23. The Kier molecular flexibility index (Phi) is 6.66. The van der Waals surface area contributed by atoms with E-state index in [0.29, 0.717) is 15.8 Å². The molecule has 148 valence electrons. The van der Waals surface area contributed by atoms with Crippen LogP contribution in [0.25, 0.3) is 0 Å². The molecule has 2 aliphatic rings. The fraction of sp³-hybridized carbons (Fsp3) is 0.222. The van der Waals surface area contributed by atoms with Crippen LogP contribution in [0.2, 0.25) is 0 Å². The molecule has 0 unspecified atom stereocenters. The molecule has 1 amide bonds. The molecule has 0 aliphatic carbocycles. The van der Waals surface area contributed by atoms with Crippen molar-refractivity contribution in [2.75, 3.05) is 24.2 Å². The molecule has 10 heteroatoms. The van der Waals surface area contributed by atoms with Gasteiger partial charge in [-0.15, -0.1) is 0 Å². The highest BCUT2D eigenvalue weighted by atomic mass is 32.2. The second-order valence-electron chi connectivity index (χ2n) is 5.99. The van der Waals surface area contributed by atoms with E-state index in [2.05, 4.69) is 0 Å². The first kappa shape index (κ1) is 21.1. The largest absolute Gasteiger partial charge is 0.748 e. The number of thioether (sulfide) groups is 2. The molecule has 1 aromatic carbocycles. The maximum atomic E-state index is 12.0. The smallest absolute Gasteiger partial charge is 0.265 e. The van der Waals surface area contributed by atoms with E-state index in [9.17, 15) is 17.8 Å². The third-order valence-corrected chi connectivity index (χ3v) is 7.42. The standard InChI is InChI=1S/C18H18N2O4S4/c1-19-17(21)15(27-18(19)25)9-4-5-10-16-20(11-6-12-28(22,23)24)13-7-2-3-8-14(13)26-16/h2-5,7-10H,6,11-12H2,1H3,(H,22,23,24)/p-1. The van der Waals surface area contributed by atoms with Gasteiger partial charge >= 0.3 is 0 Å². The number of hydrogen-bond acceptors (Lipinski definition) is 8. The fourth-order valence-electron chi connectivity index (χ4n) is 2.65. The topological polar surface area (TPSA) is 80.8 Å². The molecule has 3 rings (SSSR count). The monoisotopic (exact) mass is 453 g/mol. The Morgan fingerprint density at radius 3 is 2.57 bits per heavy atom. The molecule has 0 aromatic heterocycles. The molecular weight excluding hydrogens is 436 g/mol. The number of rotatable bonds is 6. The molecule has 1 saturated heterocycles. The zero-order valence-electron chi connectivity index (χ0n) is 14.9. The predicted octanol–water partition coefficient (Wildman–Crippen LogP) is 3.31. The van der Waals surface area contributed by atoms with Gasteiger partial charge in [-0.25, -0.2) is 8.42 Å². The van der Waals surface area contributed by atoms with Crippen LogP contribution >= 0.6 is 35.7 Å². The van der Waals surface area contributed by atoms with Crippen LogP contribution in [-0.4, -0.2) is 47.4 Å². The molecule has 0 bridgehead atoms. The number of allylic oxidation sites excluding steroid dienone is 4. The number of para-hydroxylation sites is 1. The molecule has 6 nitrogen and oxygen atoms in total. The van der Waals surface area contributed by atoms with Crippen LogP contribution in [-0.2, 0) is 14.9 Å². The Morgan fingerprint density at radius 1 is 1.18 bits per heavy atom. The van der Waals surface area contributed by atoms with Gasteiger partial charge in [-0.2, -0.15) is 0 Å². The van der Waals surface area contributed by atoms with Gasteiger partial charge in [0.15, 0.2) is 0 Å². The number of amides is 1. The molecular formula is C18H17N2O4S4-. The van der Waals surface area contributed by atoms with Gasteiger partial charge in [-0.3, -0.25) is 9.69 Å². The third kappa shape index (κ3) is 5.06. The number of benzene rings is 1. The number of carbonyl (C=O) groups excluding carboxylic acids is 1. The van der Waals surface area contributed by atoms with Crippen LogP contribution < -0.4 is 4.90 Å². The molecule has 1 fully saturated rings. The normalized spacial score (nSPS) is 20.2. The van der Waals surface area contributed by atoms with Gasteiger partial charge in [0.25, 0.3) is 5.91 Å². The highest BCUT2D eigenvalue weighted by molar-refractivity contribution is 8.26. The van der Waals surface area contributed by atoms with Gasteiger partial charge < -0.3 is 9.45 Å². The quantitative estimate of drug-likeness (QED) is 0.369. The fourth-order valence-corrected chi connectivity index (χ4v) is 5.36. The van der Waals surface area contributed by atoms with Gasteiger partial charge in [0, 0.05) is 24.2 Å². The molecule has 0 spiro atoms. The van der Waals surface area contributed by atoms with Gasteiger partial charge in [-0.1, -0.05) is 60.0 Å². The zero-order chi connectivity index (χ0) is 20.3. The van der Waals surface area contributed by atoms with Crippen molar-refractivity contribution >= 4 is 61.8 Å². The van der Waals surface area contributed by atoms with E-state index in [1.54, 1.807) is 31.0 Å². The summed E-state index contributed by atoms with van der Waals surface area (Å²) in [7, 11) is -2.58. The summed E-state index contributed by atoms with van der Waals surface area (Å²) >= 11 is 7.94. The van der Waals surface area contributed by atoms with Crippen LogP contribution in [0.4, 0.5) is 5.69 Å². The number of anilines is 1. The highest BCUT2D eigenvalue weighted by Crippen LogP contribution is 2.45. The lowest BCUT2D eigenvalue weighted by Crippen LogP contribution is -2.22. The zero-order valence-corrected chi connectivity index (χ0v) is 18.2. The first-order valence-corrected chi connectivity index (χ1v) is 11.9. The Labute approximate surface area is 178 Å². The van der Waals surface area contributed by atoms with Crippen molar-refractivity contribution in [2.45, 2.75) is 11.3 Å². The van der Waals surface area contributed by atoms with Crippen molar-refractivity contribution in [3.63, 3.8) is 0 Å². The predicted molar refractivity (Wildman–Crippen MR) is 117 cm³/mol. The van der Waals surface area contributed by atoms with Gasteiger partial charge in [-0.05, 0) is 30.7 Å². The maximum absolute atomic E-state index is 12.0. The summed E-state index contributed by atoms with van der Waals surface area (Å²) in [4.78, 5) is 17.1. The average molecular weight is 454 g/mol. The lowest BCUT2D eigenvalue weighted by Gasteiger charge is -2.20. The number of fused-ring (bicyclic) bond motifs is 1. The van der Waals surface area contributed by atoms with Crippen LogP contribution in [0.15, 0.2) is 63.4 Å². The molecule has 0 N–H and O–H groups in total.